The Morgan fingerprint density at radius 1 is 1.21 bits per heavy atom. The molecular weight excluding hydrogens is 378 g/mol. The minimum Gasteiger partial charge on any atom is -0.493 e. The highest BCUT2D eigenvalue weighted by molar-refractivity contribution is 5.85. The van der Waals surface area contributed by atoms with Crippen LogP contribution in [0.15, 0.2) is 18.2 Å². The topological polar surface area (TPSA) is 68.0 Å². The van der Waals surface area contributed by atoms with Crippen molar-refractivity contribution in [3.8, 4) is 11.5 Å². The average molecular weight is 412 g/mol. The van der Waals surface area contributed by atoms with Crippen LogP contribution in [0.5, 0.6) is 11.5 Å². The molecular formula is C21H34ClN3O3. The number of carbonyl (C=O) groups excluding carboxylic acids is 1. The van der Waals surface area contributed by atoms with Crippen molar-refractivity contribution in [1.29, 1.82) is 0 Å². The number of hydrogen-bond donors (Lipinski definition) is 1. The van der Waals surface area contributed by atoms with E-state index in [9.17, 15) is 4.79 Å². The lowest BCUT2D eigenvalue weighted by Crippen LogP contribution is -2.52. The molecule has 2 N–H and O–H groups in total. The first-order chi connectivity index (χ1) is 12.9. The van der Waals surface area contributed by atoms with Crippen LogP contribution >= 0.6 is 12.4 Å². The normalized spacial score (nSPS) is 21.9. The number of nitrogens with zero attached hydrogens (tertiary/aromatic N) is 2. The van der Waals surface area contributed by atoms with Gasteiger partial charge in [-0.3, -0.25) is 9.69 Å². The fourth-order valence-electron chi connectivity index (χ4n) is 4.01. The van der Waals surface area contributed by atoms with E-state index in [-0.39, 0.29) is 36.4 Å². The lowest BCUT2D eigenvalue weighted by Gasteiger charge is -2.42. The van der Waals surface area contributed by atoms with Gasteiger partial charge >= 0.3 is 0 Å². The molecule has 0 aromatic heterocycles. The summed E-state index contributed by atoms with van der Waals surface area (Å²) in [5.41, 5.74) is 7.55. The van der Waals surface area contributed by atoms with Crippen molar-refractivity contribution in [1.82, 2.24) is 9.80 Å². The van der Waals surface area contributed by atoms with E-state index in [0.29, 0.717) is 11.5 Å². The first-order valence-electron chi connectivity index (χ1n) is 9.94. The molecule has 28 heavy (non-hydrogen) atoms. The first kappa shape index (κ1) is 22.8. The first-order valence-corrected chi connectivity index (χ1v) is 9.94. The molecule has 2 fully saturated rings. The highest BCUT2D eigenvalue weighted by Gasteiger charge is 2.33. The maximum absolute atomic E-state index is 12.2. The van der Waals surface area contributed by atoms with Crippen molar-refractivity contribution in [2.24, 2.45) is 11.1 Å². The van der Waals surface area contributed by atoms with Crippen LogP contribution < -0.4 is 15.2 Å². The second-order valence-electron chi connectivity index (χ2n) is 8.46. The summed E-state index contributed by atoms with van der Waals surface area (Å²) >= 11 is 0. The van der Waals surface area contributed by atoms with E-state index in [4.69, 9.17) is 15.2 Å². The van der Waals surface area contributed by atoms with Crippen molar-refractivity contribution < 1.29 is 14.3 Å². The maximum atomic E-state index is 12.2. The van der Waals surface area contributed by atoms with Crippen LogP contribution in [0.3, 0.4) is 0 Å². The summed E-state index contributed by atoms with van der Waals surface area (Å²) in [6, 6.07) is 6.23. The van der Waals surface area contributed by atoms with Gasteiger partial charge in [-0.25, -0.2) is 0 Å². The molecule has 0 saturated carbocycles. The largest absolute Gasteiger partial charge is 0.493 e. The zero-order valence-electron chi connectivity index (χ0n) is 17.3. The molecule has 1 amide bonds. The summed E-state index contributed by atoms with van der Waals surface area (Å²) in [5, 5.41) is 0. The Balaban J connectivity index is 0.00000280. The van der Waals surface area contributed by atoms with Gasteiger partial charge in [0, 0.05) is 38.8 Å². The van der Waals surface area contributed by atoms with E-state index in [2.05, 4.69) is 24.8 Å². The number of ether oxygens (including phenoxy) is 2. The van der Waals surface area contributed by atoms with Crippen LogP contribution in [0, 0.1) is 5.41 Å². The summed E-state index contributed by atoms with van der Waals surface area (Å²) in [6.07, 6.45) is 3.19. The highest BCUT2D eigenvalue weighted by Crippen LogP contribution is 2.31. The molecule has 1 atom stereocenters. The summed E-state index contributed by atoms with van der Waals surface area (Å²) in [5.74, 6) is 1.34. The van der Waals surface area contributed by atoms with Crippen LogP contribution in [0.2, 0.25) is 0 Å². The Labute approximate surface area is 174 Å². The van der Waals surface area contributed by atoms with E-state index >= 15 is 0 Å². The molecule has 3 rings (SSSR count). The van der Waals surface area contributed by atoms with E-state index in [0.717, 1.165) is 52.0 Å². The van der Waals surface area contributed by atoms with Crippen LogP contribution in [0.1, 0.15) is 38.7 Å². The molecule has 158 valence electrons. The van der Waals surface area contributed by atoms with Gasteiger partial charge in [0.25, 0.3) is 5.91 Å². The van der Waals surface area contributed by atoms with Gasteiger partial charge in [-0.15, -0.1) is 12.4 Å². The fourth-order valence-corrected chi connectivity index (χ4v) is 4.01. The summed E-state index contributed by atoms with van der Waals surface area (Å²) in [4.78, 5) is 16.5. The van der Waals surface area contributed by atoms with Crippen molar-refractivity contribution in [2.45, 2.75) is 45.7 Å². The molecule has 0 bridgehead atoms. The van der Waals surface area contributed by atoms with E-state index < -0.39 is 0 Å². The predicted molar refractivity (Wildman–Crippen MR) is 113 cm³/mol. The smallest absolute Gasteiger partial charge is 0.260 e. The second-order valence-corrected chi connectivity index (χ2v) is 8.46. The Morgan fingerprint density at radius 3 is 2.57 bits per heavy atom. The van der Waals surface area contributed by atoms with E-state index in [1.54, 1.807) is 7.11 Å². The Bertz CT molecular complexity index is 662. The maximum Gasteiger partial charge on any atom is 0.260 e. The minimum atomic E-state index is 0. The predicted octanol–water partition coefficient (Wildman–Crippen LogP) is 2.68. The van der Waals surface area contributed by atoms with Crippen molar-refractivity contribution in [3.63, 3.8) is 0 Å². The molecule has 6 nitrogen and oxygen atoms in total. The van der Waals surface area contributed by atoms with Crippen LogP contribution in [0.25, 0.3) is 0 Å². The SMILES string of the molecule is COc1cc(CN2CCC(N)C(C)(C)C2)ccc1OCC(=O)N1CCCC1.Cl. The van der Waals surface area contributed by atoms with E-state index in [1.165, 1.54) is 5.56 Å². The number of carbonyl (C=O) groups is 1. The monoisotopic (exact) mass is 411 g/mol. The van der Waals surface area contributed by atoms with Gasteiger partial charge in [-0.1, -0.05) is 19.9 Å². The number of likely N-dealkylation sites (tertiary alicyclic amines) is 2. The zero-order chi connectivity index (χ0) is 19.4. The molecule has 2 aliphatic heterocycles. The third-order valence-corrected chi connectivity index (χ3v) is 5.84. The molecule has 0 aliphatic carbocycles. The zero-order valence-corrected chi connectivity index (χ0v) is 18.1. The van der Waals surface area contributed by atoms with Gasteiger partial charge in [-0.2, -0.15) is 0 Å². The minimum absolute atomic E-state index is 0. The lowest BCUT2D eigenvalue weighted by molar-refractivity contribution is -0.132. The van der Waals surface area contributed by atoms with Crippen molar-refractivity contribution in [3.05, 3.63) is 23.8 Å². The summed E-state index contributed by atoms with van der Waals surface area (Å²) in [7, 11) is 1.64. The average Bonchev–Trinajstić information content (AvgIpc) is 3.18. The van der Waals surface area contributed by atoms with Gasteiger partial charge < -0.3 is 20.1 Å². The Kier molecular flexibility index (Phi) is 7.98. The van der Waals surface area contributed by atoms with Crippen LogP contribution in [0.4, 0.5) is 0 Å². The molecule has 1 unspecified atom stereocenters. The number of amides is 1. The van der Waals surface area contributed by atoms with Gasteiger partial charge in [0.1, 0.15) is 0 Å². The highest BCUT2D eigenvalue weighted by atomic mass is 35.5. The third kappa shape index (κ3) is 5.52. The number of rotatable bonds is 6. The third-order valence-electron chi connectivity index (χ3n) is 5.84. The van der Waals surface area contributed by atoms with Crippen molar-refractivity contribution in [2.75, 3.05) is 39.9 Å². The molecule has 2 heterocycles. The molecule has 1 aromatic rings. The second kappa shape index (κ2) is 9.81. The number of halogens is 1. The quantitative estimate of drug-likeness (QED) is 0.779. The number of methoxy groups -OCH3 is 1. The molecule has 7 heteroatoms. The Hall–Kier alpha value is -1.50. The van der Waals surface area contributed by atoms with Crippen LogP contribution in [-0.4, -0.2) is 61.6 Å². The molecule has 2 aliphatic rings. The fraction of sp³-hybridized carbons (Fsp3) is 0.667. The lowest BCUT2D eigenvalue weighted by atomic mass is 9.79. The standard InChI is InChI=1S/C21H33N3O3.ClH/c1-21(2)15-23(11-8-19(21)22)13-16-6-7-17(18(12-16)26-3)27-14-20(25)24-9-4-5-10-24;/h6-7,12,19H,4-5,8-11,13-15,22H2,1-3H3;1H. The summed E-state index contributed by atoms with van der Waals surface area (Å²) < 4.78 is 11.3. The molecule has 0 radical (unpaired) electrons. The molecule has 2 saturated heterocycles. The summed E-state index contributed by atoms with van der Waals surface area (Å²) in [6.45, 7) is 9.07. The van der Waals surface area contributed by atoms with E-state index in [1.807, 2.05) is 17.0 Å². The number of benzene rings is 1. The number of nitrogens with two attached hydrogens (primary N) is 1. The molecule has 0 spiro atoms. The number of piperidine rings is 1. The van der Waals surface area contributed by atoms with Crippen molar-refractivity contribution >= 4 is 18.3 Å². The molecule has 1 aromatic carbocycles. The Morgan fingerprint density at radius 2 is 1.93 bits per heavy atom. The number of hydrogen-bond acceptors (Lipinski definition) is 5. The van der Waals surface area contributed by atoms with Gasteiger partial charge in [0.2, 0.25) is 0 Å². The van der Waals surface area contributed by atoms with Crippen LogP contribution in [-0.2, 0) is 11.3 Å². The van der Waals surface area contributed by atoms with Gasteiger partial charge in [0.05, 0.1) is 7.11 Å². The van der Waals surface area contributed by atoms with Gasteiger partial charge in [0.15, 0.2) is 18.1 Å². The van der Waals surface area contributed by atoms with Gasteiger partial charge in [-0.05, 0) is 42.4 Å².